The van der Waals surface area contributed by atoms with Gasteiger partial charge in [-0.15, -0.1) is 0 Å². The van der Waals surface area contributed by atoms with Gasteiger partial charge in [0, 0.05) is 9.17 Å². The Morgan fingerprint density at radius 2 is 1.50 bits per heavy atom. The molecule has 0 spiro atoms. The molecule has 0 aromatic rings. The summed E-state index contributed by atoms with van der Waals surface area (Å²) in [5.41, 5.74) is 0. The smallest absolute Gasteiger partial charge is 1.00 e. The maximum Gasteiger partial charge on any atom is 2.00 e. The van der Waals surface area contributed by atoms with Gasteiger partial charge in [0.15, 0.2) is 0 Å². The van der Waals surface area contributed by atoms with E-state index in [0.29, 0.717) is 0 Å². The first-order valence-corrected chi connectivity index (χ1v) is 1.84. The van der Waals surface area contributed by atoms with Crippen LogP contribution in [0.1, 0.15) is 1.43 Å². The largest absolute Gasteiger partial charge is 2.00 e. The molecule has 6 heavy (non-hydrogen) atoms. The topological polar surface area (TPSA) is 63.2 Å². The van der Waals surface area contributed by atoms with Crippen LogP contribution in [-0.2, 0) is 4.46 Å². The second kappa shape index (κ2) is 9.63. The maximum absolute atomic E-state index is 8.52. The van der Waals surface area contributed by atoms with Gasteiger partial charge in [0.05, 0.1) is 0 Å². The molecule has 0 aliphatic rings. The third-order valence-corrected chi connectivity index (χ3v) is 0. The summed E-state index contributed by atoms with van der Waals surface area (Å²) >= 11 is 0. The zero-order valence-corrected chi connectivity index (χ0v) is 7.85. The van der Waals surface area contributed by atoms with Crippen molar-refractivity contribution >= 4 is 32.2 Å². The number of hydrogen-bond acceptors (Lipinski definition) is 3. The molecule has 0 radical (unpaired) electrons. The minimum absolute atomic E-state index is 0. The predicted molar refractivity (Wildman–Crippen MR) is 13.3 cm³/mol. The molecular weight excluding hydrogens is 123 g/mol. The summed E-state index contributed by atoms with van der Waals surface area (Å²) in [5.74, 6) is 0. The molecule has 0 heterocycles. The Kier molecular flexibility index (Phi) is 25.1. The van der Waals surface area contributed by atoms with E-state index in [1.165, 1.54) is 0 Å². The molecule has 0 rings (SSSR count). The van der Waals surface area contributed by atoms with Crippen LogP contribution in [0.15, 0.2) is 0 Å². The van der Waals surface area contributed by atoms with Crippen LogP contribution < -0.4 is 39.1 Å². The molecule has 0 atom stereocenters. The third-order valence-electron chi connectivity index (χ3n) is 0. The van der Waals surface area contributed by atoms with E-state index >= 15 is 0 Å². The Bertz CT molecular complexity index is 37.9. The number of rotatable bonds is 0. The van der Waals surface area contributed by atoms with Crippen LogP contribution in [0.25, 0.3) is 0 Å². The monoisotopic (exact) mass is 124 g/mol. The molecule has 6 heteroatoms. The van der Waals surface area contributed by atoms with Crippen molar-refractivity contribution in [2.45, 2.75) is 0 Å². The fourth-order valence-electron chi connectivity index (χ4n) is 0. The van der Waals surface area contributed by atoms with Crippen molar-refractivity contribution in [3.05, 3.63) is 0 Å². The summed E-state index contributed by atoms with van der Waals surface area (Å²) in [5, 5.41) is 0. The van der Waals surface area contributed by atoms with E-state index in [9.17, 15) is 0 Å². The van der Waals surface area contributed by atoms with Crippen molar-refractivity contribution in [3.63, 3.8) is 0 Å². The Hall–Kier alpha value is 1.38. The van der Waals surface area contributed by atoms with E-state index in [4.69, 9.17) is 14.1 Å². The van der Waals surface area contributed by atoms with Gasteiger partial charge in [-0.25, -0.2) is 0 Å². The summed E-state index contributed by atoms with van der Waals surface area (Å²) in [6.07, 6.45) is 0. The molecule has 0 aromatic carbocycles. The van der Waals surface area contributed by atoms with Gasteiger partial charge in [-0.2, -0.15) is 0 Å². The van der Waals surface area contributed by atoms with Gasteiger partial charge in [-0.3, -0.25) is 0 Å². The first kappa shape index (κ1) is 15.7. The number of hydrogen-bond donors (Lipinski definition) is 0. The molecule has 0 aliphatic heterocycles. The molecule has 26 valence electrons. The van der Waals surface area contributed by atoms with Crippen LogP contribution >= 0.6 is 0 Å². The van der Waals surface area contributed by atoms with E-state index in [2.05, 4.69) is 0 Å². The first-order valence-electron chi connectivity index (χ1n) is 0.612. The zero-order chi connectivity index (χ0) is 3.58. The molecule has 0 N–H and O–H groups in total. The van der Waals surface area contributed by atoms with Crippen LogP contribution in [0.2, 0.25) is 0 Å². The van der Waals surface area contributed by atoms with E-state index in [-0.39, 0.29) is 54.0 Å². The summed E-state index contributed by atoms with van der Waals surface area (Å²) in [6.45, 7) is 0. The Labute approximate surface area is 76.6 Å². The van der Waals surface area contributed by atoms with Gasteiger partial charge in [-0.1, -0.05) is 0 Å². The van der Waals surface area contributed by atoms with Gasteiger partial charge in [-0.05, 0) is 0 Å². The van der Waals surface area contributed by atoms with Crippen molar-refractivity contribution in [2.75, 3.05) is 0 Å². The van der Waals surface area contributed by atoms with Gasteiger partial charge < -0.3 is 15.5 Å². The molecule has 0 aliphatic carbocycles. The summed E-state index contributed by atoms with van der Waals surface area (Å²) in [4.78, 5) is 17.0. The quantitative estimate of drug-likeness (QED) is 0.302. The summed E-state index contributed by atoms with van der Waals surface area (Å²) < 4.78 is 8.52. The fourth-order valence-corrected chi connectivity index (χ4v) is 0. The minimum Gasteiger partial charge on any atom is -1.00 e. The van der Waals surface area contributed by atoms with Gasteiger partial charge in [0.25, 0.3) is 0 Å². The molecule has 0 saturated carbocycles. The summed E-state index contributed by atoms with van der Waals surface area (Å²) in [7, 11) is -3.63. The average Bonchev–Trinajstić information content (AvgIpc) is 0.811. The van der Waals surface area contributed by atoms with Crippen molar-refractivity contribution in [2.24, 2.45) is 0 Å². The Balaban J connectivity index is -0.0000000150. The van der Waals surface area contributed by atoms with Crippen molar-refractivity contribution in [3.8, 4) is 0 Å². The van der Waals surface area contributed by atoms with Crippen molar-refractivity contribution < 1.29 is 45.0 Å². The first-order chi connectivity index (χ1) is 1.73. The minimum atomic E-state index is -3.63. The molecule has 0 unspecified atom stereocenters. The van der Waals surface area contributed by atoms with Crippen LogP contribution in [0.3, 0.4) is 0 Å². The molecular formula is HMgNaO3Si. The van der Waals surface area contributed by atoms with E-state index in [1.54, 1.807) is 0 Å². The fraction of sp³-hybridized carbons (Fsp3) is 0. The van der Waals surface area contributed by atoms with Crippen molar-refractivity contribution in [1.82, 2.24) is 0 Å². The van der Waals surface area contributed by atoms with E-state index in [1.807, 2.05) is 0 Å². The molecule has 0 aromatic heterocycles. The van der Waals surface area contributed by atoms with Gasteiger partial charge in [0.2, 0.25) is 0 Å². The van der Waals surface area contributed by atoms with Crippen LogP contribution in [0.5, 0.6) is 0 Å². The van der Waals surface area contributed by atoms with E-state index < -0.39 is 9.17 Å². The van der Waals surface area contributed by atoms with Crippen LogP contribution in [0.4, 0.5) is 0 Å². The van der Waals surface area contributed by atoms with E-state index in [0.717, 1.165) is 0 Å². The normalized spacial score (nSPS) is 4.00. The SMILES string of the molecule is O=[Si]([O-])[O-].[H-].[Mg+2].[Na+]. The van der Waals surface area contributed by atoms with Crippen LogP contribution in [-0.4, -0.2) is 32.2 Å². The van der Waals surface area contributed by atoms with Crippen molar-refractivity contribution in [1.29, 1.82) is 0 Å². The predicted octanol–water partition coefficient (Wildman–Crippen LogP) is -6.14. The Morgan fingerprint density at radius 3 is 1.50 bits per heavy atom. The van der Waals surface area contributed by atoms with Gasteiger partial charge >= 0.3 is 52.6 Å². The Morgan fingerprint density at radius 1 is 1.50 bits per heavy atom. The average molecular weight is 124 g/mol. The molecule has 0 fully saturated rings. The standard InChI is InChI=1S/Mg.Na.O3Si.H/c;;1-4(2)3;/q+2;+1;-2;-1. The third kappa shape index (κ3) is 54.1. The maximum atomic E-state index is 8.52. The second-order valence-corrected chi connectivity index (χ2v) is 0.750. The molecule has 3 nitrogen and oxygen atoms in total. The summed E-state index contributed by atoms with van der Waals surface area (Å²) in [6, 6.07) is 0. The molecule has 0 saturated heterocycles. The molecule has 0 bridgehead atoms. The van der Waals surface area contributed by atoms with Crippen LogP contribution in [0, 0.1) is 0 Å². The molecule has 0 amide bonds. The van der Waals surface area contributed by atoms with Gasteiger partial charge in [0.1, 0.15) is 0 Å². The zero-order valence-electron chi connectivity index (χ0n) is 4.43. The second-order valence-electron chi connectivity index (χ2n) is 0.250.